The Kier molecular flexibility index (Phi) is 3.41. The average Bonchev–Trinajstić information content (AvgIpc) is 3.23. The monoisotopic (exact) mass is 308 g/mol. The molecule has 3 heterocycles. The number of anilines is 1. The van der Waals surface area contributed by atoms with E-state index in [2.05, 4.69) is 16.0 Å². The van der Waals surface area contributed by atoms with Crippen LogP contribution in [0.25, 0.3) is 16.9 Å². The van der Waals surface area contributed by atoms with Gasteiger partial charge in [0.05, 0.1) is 12.8 Å². The fourth-order valence-electron chi connectivity index (χ4n) is 3.24. The second kappa shape index (κ2) is 5.57. The van der Waals surface area contributed by atoms with Gasteiger partial charge in [-0.05, 0) is 31.9 Å². The molecule has 3 aromatic rings. The lowest BCUT2D eigenvalue weighted by Gasteiger charge is -2.18. The average molecular weight is 308 g/mol. The number of benzene rings is 1. The molecule has 0 atom stereocenters. The lowest BCUT2D eigenvalue weighted by molar-refractivity contribution is 0.416. The number of aryl methyl sites for hydroxylation is 1. The van der Waals surface area contributed by atoms with Gasteiger partial charge >= 0.3 is 0 Å². The van der Waals surface area contributed by atoms with E-state index in [-0.39, 0.29) is 0 Å². The van der Waals surface area contributed by atoms with Gasteiger partial charge in [0.1, 0.15) is 11.6 Å². The summed E-state index contributed by atoms with van der Waals surface area (Å²) in [7, 11) is 1.69. The second-order valence-electron chi connectivity index (χ2n) is 5.95. The summed E-state index contributed by atoms with van der Waals surface area (Å²) in [5.74, 6) is 1.96. The first-order chi connectivity index (χ1) is 11.3. The predicted molar refractivity (Wildman–Crippen MR) is 91.2 cm³/mol. The van der Waals surface area contributed by atoms with Gasteiger partial charge in [0.15, 0.2) is 5.65 Å². The highest BCUT2D eigenvalue weighted by molar-refractivity contribution is 5.71. The van der Waals surface area contributed by atoms with E-state index < -0.39 is 0 Å². The van der Waals surface area contributed by atoms with Crippen LogP contribution in [0.2, 0.25) is 0 Å². The number of ether oxygens (including phenoxy) is 1. The zero-order chi connectivity index (χ0) is 15.8. The lowest BCUT2D eigenvalue weighted by Crippen LogP contribution is -2.21. The number of methoxy groups -OCH3 is 1. The van der Waals surface area contributed by atoms with Crippen molar-refractivity contribution in [3.63, 3.8) is 0 Å². The van der Waals surface area contributed by atoms with Crippen LogP contribution in [0.5, 0.6) is 5.75 Å². The van der Waals surface area contributed by atoms with Crippen LogP contribution in [-0.2, 0) is 0 Å². The van der Waals surface area contributed by atoms with Gasteiger partial charge in [-0.3, -0.25) is 0 Å². The maximum Gasteiger partial charge on any atom is 0.158 e. The summed E-state index contributed by atoms with van der Waals surface area (Å²) >= 11 is 0. The third kappa shape index (κ3) is 2.42. The fraction of sp³-hybridized carbons (Fsp3) is 0.333. The number of hydrogen-bond donors (Lipinski definition) is 0. The molecule has 1 aliphatic rings. The number of nitrogens with zero attached hydrogens (tertiary/aromatic N) is 4. The number of aromatic nitrogens is 3. The van der Waals surface area contributed by atoms with Crippen molar-refractivity contribution in [3.05, 3.63) is 42.1 Å². The zero-order valence-electron chi connectivity index (χ0n) is 13.5. The number of rotatable bonds is 3. The molecule has 1 aliphatic heterocycles. The highest BCUT2D eigenvalue weighted by Gasteiger charge is 2.18. The van der Waals surface area contributed by atoms with E-state index in [1.54, 1.807) is 7.11 Å². The fourth-order valence-corrected chi connectivity index (χ4v) is 3.24. The molecule has 4 rings (SSSR count). The summed E-state index contributed by atoms with van der Waals surface area (Å²) in [6.45, 7) is 4.21. The van der Waals surface area contributed by atoms with Gasteiger partial charge in [-0.2, -0.15) is 9.61 Å². The van der Waals surface area contributed by atoms with Crippen molar-refractivity contribution in [2.75, 3.05) is 25.1 Å². The van der Waals surface area contributed by atoms with Gasteiger partial charge in [0, 0.05) is 36.5 Å². The van der Waals surface area contributed by atoms with E-state index in [0.717, 1.165) is 47.3 Å². The molecule has 0 bridgehead atoms. The summed E-state index contributed by atoms with van der Waals surface area (Å²) in [6, 6.07) is 12.1. The normalized spacial score (nSPS) is 14.6. The summed E-state index contributed by atoms with van der Waals surface area (Å²) in [4.78, 5) is 7.03. The first-order valence-corrected chi connectivity index (χ1v) is 8.02. The van der Waals surface area contributed by atoms with E-state index in [4.69, 9.17) is 9.84 Å². The molecule has 23 heavy (non-hydrogen) atoms. The molecule has 5 heteroatoms. The first-order valence-electron chi connectivity index (χ1n) is 8.02. The SMILES string of the molecule is COc1ccccc1-c1cc2nc(C)cc(N3CCCC3)n2n1. The molecule has 5 nitrogen and oxygen atoms in total. The number of para-hydroxylation sites is 1. The molecule has 0 radical (unpaired) electrons. The Balaban J connectivity index is 1.89. The van der Waals surface area contributed by atoms with Crippen molar-refractivity contribution < 1.29 is 4.74 Å². The molecule has 1 fully saturated rings. The van der Waals surface area contributed by atoms with Crippen LogP contribution in [0.1, 0.15) is 18.5 Å². The van der Waals surface area contributed by atoms with Crippen LogP contribution < -0.4 is 9.64 Å². The van der Waals surface area contributed by atoms with E-state index in [9.17, 15) is 0 Å². The van der Waals surface area contributed by atoms with E-state index in [1.165, 1.54) is 12.8 Å². The molecule has 0 aliphatic carbocycles. The summed E-state index contributed by atoms with van der Waals surface area (Å²) in [6.07, 6.45) is 2.48. The van der Waals surface area contributed by atoms with Crippen LogP contribution in [0.15, 0.2) is 36.4 Å². The summed E-state index contributed by atoms with van der Waals surface area (Å²) in [5.41, 5.74) is 3.78. The third-order valence-corrected chi connectivity index (χ3v) is 4.35. The molecule has 0 spiro atoms. The number of hydrogen-bond acceptors (Lipinski definition) is 4. The molecule has 2 aromatic heterocycles. The Morgan fingerprint density at radius 2 is 1.87 bits per heavy atom. The van der Waals surface area contributed by atoms with Crippen molar-refractivity contribution in [2.45, 2.75) is 19.8 Å². The summed E-state index contributed by atoms with van der Waals surface area (Å²) < 4.78 is 7.43. The van der Waals surface area contributed by atoms with Crippen molar-refractivity contribution in [1.29, 1.82) is 0 Å². The Hall–Kier alpha value is -2.56. The van der Waals surface area contributed by atoms with Gasteiger partial charge in [-0.15, -0.1) is 0 Å². The Morgan fingerprint density at radius 3 is 2.65 bits per heavy atom. The van der Waals surface area contributed by atoms with Gasteiger partial charge in [0.25, 0.3) is 0 Å². The Labute approximate surface area is 135 Å². The molecule has 0 unspecified atom stereocenters. The highest BCUT2D eigenvalue weighted by atomic mass is 16.5. The molecule has 1 aromatic carbocycles. The lowest BCUT2D eigenvalue weighted by atomic mass is 10.1. The third-order valence-electron chi connectivity index (χ3n) is 4.35. The van der Waals surface area contributed by atoms with Gasteiger partial charge < -0.3 is 9.64 Å². The van der Waals surface area contributed by atoms with Crippen molar-refractivity contribution in [1.82, 2.24) is 14.6 Å². The van der Waals surface area contributed by atoms with E-state index >= 15 is 0 Å². The molecule has 0 N–H and O–H groups in total. The van der Waals surface area contributed by atoms with Crippen LogP contribution in [-0.4, -0.2) is 34.8 Å². The molecular formula is C18H20N4O. The van der Waals surface area contributed by atoms with Crippen LogP contribution >= 0.6 is 0 Å². The standard InChI is InChI=1S/C18H20N4O/c1-13-11-18(21-9-5-6-10-21)22-17(19-13)12-15(20-22)14-7-3-4-8-16(14)23-2/h3-4,7-8,11-12H,5-6,9-10H2,1-2H3. The largest absolute Gasteiger partial charge is 0.496 e. The topological polar surface area (TPSA) is 42.7 Å². The second-order valence-corrected chi connectivity index (χ2v) is 5.95. The minimum Gasteiger partial charge on any atom is -0.496 e. The molecular weight excluding hydrogens is 288 g/mol. The van der Waals surface area contributed by atoms with Gasteiger partial charge in [-0.1, -0.05) is 12.1 Å². The van der Waals surface area contributed by atoms with Crippen molar-refractivity contribution >= 4 is 11.5 Å². The van der Waals surface area contributed by atoms with Gasteiger partial charge in [-0.25, -0.2) is 4.98 Å². The van der Waals surface area contributed by atoms with Crippen LogP contribution in [0.3, 0.4) is 0 Å². The Morgan fingerprint density at radius 1 is 1.09 bits per heavy atom. The summed E-state index contributed by atoms with van der Waals surface area (Å²) in [5, 5.41) is 4.81. The smallest absolute Gasteiger partial charge is 0.158 e. The zero-order valence-corrected chi connectivity index (χ0v) is 13.5. The van der Waals surface area contributed by atoms with Crippen LogP contribution in [0.4, 0.5) is 5.82 Å². The molecule has 1 saturated heterocycles. The quantitative estimate of drug-likeness (QED) is 0.744. The van der Waals surface area contributed by atoms with Crippen molar-refractivity contribution in [2.24, 2.45) is 0 Å². The maximum atomic E-state index is 5.47. The van der Waals surface area contributed by atoms with Gasteiger partial charge in [0.2, 0.25) is 0 Å². The minimum absolute atomic E-state index is 0.829. The van der Waals surface area contributed by atoms with E-state index in [0.29, 0.717) is 0 Å². The first kappa shape index (κ1) is 14.1. The molecule has 0 saturated carbocycles. The molecule has 118 valence electrons. The number of fused-ring (bicyclic) bond motifs is 1. The predicted octanol–water partition coefficient (Wildman–Crippen LogP) is 3.31. The highest BCUT2D eigenvalue weighted by Crippen LogP contribution is 2.30. The maximum absolute atomic E-state index is 5.47. The molecule has 0 amide bonds. The minimum atomic E-state index is 0.829. The van der Waals surface area contributed by atoms with Crippen LogP contribution in [0, 0.1) is 6.92 Å². The van der Waals surface area contributed by atoms with E-state index in [1.807, 2.05) is 41.8 Å². The van der Waals surface area contributed by atoms with Crippen molar-refractivity contribution in [3.8, 4) is 17.0 Å². The Bertz CT molecular complexity index is 849.